The molecule has 4 rings (SSSR count). The van der Waals surface area contributed by atoms with E-state index in [4.69, 9.17) is 10.5 Å². The summed E-state index contributed by atoms with van der Waals surface area (Å²) in [7, 11) is -4.55. The van der Waals surface area contributed by atoms with Crippen LogP contribution in [0.4, 0.5) is 0 Å². The van der Waals surface area contributed by atoms with Crippen LogP contribution in [0, 0.1) is 11.8 Å². The molecule has 0 spiro atoms. The molecule has 3 N–H and O–H groups in total. The molecule has 0 amide bonds. The lowest BCUT2D eigenvalue weighted by molar-refractivity contribution is -0.432. The van der Waals surface area contributed by atoms with E-state index in [0.717, 1.165) is 0 Å². The van der Waals surface area contributed by atoms with Crippen molar-refractivity contribution in [3.8, 4) is 0 Å². The molecular weight excluding hydrogens is 448 g/mol. The normalized spacial score (nSPS) is 28.4. The molecule has 156 valence electrons. The minimum absolute atomic E-state index is 0.161. The molecule has 3 unspecified atom stereocenters. The van der Waals surface area contributed by atoms with Crippen LogP contribution in [0.2, 0.25) is 0 Å². The summed E-state index contributed by atoms with van der Waals surface area (Å²) in [4.78, 5) is 12.9. The standard InChI is InChI=1S/C16H14O10S3/c17-11-5-12(27-25-23-18)8-2-3-9-13(28-26-24-19)6-14(29(20,21)22)10-4-1-7(11)15(8)16(9)10/h2-3,5-7,13,15,18-19H,1,4H2,(H,20,21,22). The Morgan fingerprint density at radius 3 is 2.52 bits per heavy atom. The topological polar surface area (TPSA) is 149 Å². The van der Waals surface area contributed by atoms with Crippen LogP contribution in [0.3, 0.4) is 0 Å². The van der Waals surface area contributed by atoms with E-state index in [9.17, 15) is 17.8 Å². The molecule has 4 aliphatic rings. The number of carbonyl (C=O) groups is 1. The van der Waals surface area contributed by atoms with Crippen LogP contribution in [-0.2, 0) is 33.7 Å². The average molecular weight is 462 g/mol. The van der Waals surface area contributed by atoms with Gasteiger partial charge in [-0.2, -0.15) is 8.42 Å². The smallest absolute Gasteiger partial charge is 0.294 e. The predicted molar refractivity (Wildman–Crippen MR) is 101 cm³/mol. The molecular formula is C16H14O10S3. The van der Waals surface area contributed by atoms with Gasteiger partial charge in [-0.15, -0.1) is 8.67 Å². The first-order chi connectivity index (χ1) is 13.9. The van der Waals surface area contributed by atoms with E-state index in [0.29, 0.717) is 64.1 Å². The van der Waals surface area contributed by atoms with Crippen molar-refractivity contribution in [1.29, 1.82) is 0 Å². The van der Waals surface area contributed by atoms with Crippen LogP contribution < -0.4 is 0 Å². The van der Waals surface area contributed by atoms with Crippen molar-refractivity contribution in [2.24, 2.45) is 11.8 Å². The third-order valence-electron chi connectivity index (χ3n) is 5.27. The fourth-order valence-corrected chi connectivity index (χ4v) is 6.39. The monoisotopic (exact) mass is 462 g/mol. The molecule has 0 aromatic rings. The summed E-state index contributed by atoms with van der Waals surface area (Å²) in [5.41, 5.74) is 2.42. The second-order valence-electron chi connectivity index (χ2n) is 6.56. The van der Waals surface area contributed by atoms with Crippen molar-refractivity contribution in [2.45, 2.75) is 18.1 Å². The zero-order valence-electron chi connectivity index (χ0n) is 14.4. The lowest BCUT2D eigenvalue weighted by Crippen LogP contribution is -2.38. The molecule has 0 fully saturated rings. The number of allylic oxidation sites excluding steroid dienone is 6. The predicted octanol–water partition coefficient (Wildman–Crippen LogP) is 2.93. The SMILES string of the molecule is O=C1C=C(SOOO)C2=CC=C3C4=C(CCC1C24)C(S(=O)(=O)O)=CC3SOOO. The van der Waals surface area contributed by atoms with Gasteiger partial charge in [-0.05, 0) is 47.3 Å². The Bertz CT molecular complexity index is 1000. The quantitative estimate of drug-likeness (QED) is 0.221. The Kier molecular flexibility index (Phi) is 5.87. The van der Waals surface area contributed by atoms with Crippen molar-refractivity contribution in [3.05, 3.63) is 56.4 Å². The van der Waals surface area contributed by atoms with Gasteiger partial charge in [-0.1, -0.05) is 22.2 Å². The van der Waals surface area contributed by atoms with Crippen LogP contribution >= 0.6 is 24.1 Å². The maximum Gasteiger partial charge on any atom is 0.294 e. The number of carbonyl (C=O) groups excluding carboxylic acids is 1. The van der Waals surface area contributed by atoms with Gasteiger partial charge < -0.3 is 0 Å². The highest BCUT2D eigenvalue weighted by Gasteiger charge is 2.48. The van der Waals surface area contributed by atoms with Gasteiger partial charge in [0.1, 0.15) is 0 Å². The van der Waals surface area contributed by atoms with Crippen molar-refractivity contribution in [3.63, 3.8) is 0 Å². The van der Waals surface area contributed by atoms with Crippen molar-refractivity contribution in [1.82, 2.24) is 0 Å². The van der Waals surface area contributed by atoms with E-state index in [1.807, 2.05) is 0 Å². The van der Waals surface area contributed by atoms with Crippen molar-refractivity contribution in [2.75, 3.05) is 0 Å². The first-order valence-electron chi connectivity index (χ1n) is 8.26. The summed E-state index contributed by atoms with van der Waals surface area (Å²) < 4.78 is 42.9. The number of rotatable bonds is 7. The number of hydrogen-bond acceptors (Lipinski definition) is 11. The summed E-state index contributed by atoms with van der Waals surface area (Å²) in [6, 6.07) is 0. The third kappa shape index (κ3) is 3.67. The summed E-state index contributed by atoms with van der Waals surface area (Å²) >= 11 is 1.30. The lowest BCUT2D eigenvalue weighted by Gasteiger charge is -2.44. The van der Waals surface area contributed by atoms with Gasteiger partial charge in [0.25, 0.3) is 10.1 Å². The third-order valence-corrected chi connectivity index (χ3v) is 7.60. The fraction of sp³-hybridized carbons (Fsp3) is 0.312. The lowest BCUT2D eigenvalue weighted by atomic mass is 9.62. The molecule has 0 heterocycles. The first-order valence-corrected chi connectivity index (χ1v) is 11.2. The minimum Gasteiger partial charge on any atom is -0.294 e. The molecule has 29 heavy (non-hydrogen) atoms. The fourth-order valence-electron chi connectivity index (χ4n) is 4.29. The van der Waals surface area contributed by atoms with Crippen LogP contribution in [0.25, 0.3) is 0 Å². The van der Waals surface area contributed by atoms with E-state index in [1.54, 1.807) is 12.2 Å². The molecule has 0 aromatic heterocycles. The second-order valence-corrected chi connectivity index (χ2v) is 9.53. The van der Waals surface area contributed by atoms with Crippen LogP contribution in [0.15, 0.2) is 56.4 Å². The zero-order valence-corrected chi connectivity index (χ0v) is 16.8. The molecule has 3 atom stereocenters. The van der Waals surface area contributed by atoms with Gasteiger partial charge in [0, 0.05) is 28.8 Å². The van der Waals surface area contributed by atoms with Gasteiger partial charge >= 0.3 is 0 Å². The highest BCUT2D eigenvalue weighted by atomic mass is 32.2. The molecule has 4 aliphatic carbocycles. The second kappa shape index (κ2) is 8.11. The summed E-state index contributed by atoms with van der Waals surface area (Å²) in [6.07, 6.45) is 6.92. The maximum absolute atomic E-state index is 12.7. The zero-order chi connectivity index (χ0) is 20.8. The highest BCUT2D eigenvalue weighted by Crippen LogP contribution is 2.56. The van der Waals surface area contributed by atoms with Gasteiger partial charge in [0.2, 0.25) is 0 Å². The van der Waals surface area contributed by atoms with Gasteiger partial charge in [0.15, 0.2) is 5.78 Å². The Morgan fingerprint density at radius 2 is 1.83 bits per heavy atom. The Hall–Kier alpha value is -1.26. The van der Waals surface area contributed by atoms with Crippen molar-refractivity contribution >= 4 is 40.0 Å². The molecule has 13 heteroatoms. The van der Waals surface area contributed by atoms with E-state index < -0.39 is 27.2 Å². The van der Waals surface area contributed by atoms with E-state index in [-0.39, 0.29) is 10.7 Å². The van der Waals surface area contributed by atoms with E-state index in [2.05, 4.69) is 18.7 Å². The Labute approximate surface area is 173 Å². The van der Waals surface area contributed by atoms with Gasteiger partial charge in [0.05, 0.1) is 22.2 Å². The molecule has 0 aliphatic heterocycles. The molecule has 0 bridgehead atoms. The van der Waals surface area contributed by atoms with Gasteiger partial charge in [-0.25, -0.2) is 10.5 Å². The number of hydrogen-bond donors (Lipinski definition) is 3. The van der Waals surface area contributed by atoms with Gasteiger partial charge in [-0.3, -0.25) is 9.35 Å². The molecule has 10 nitrogen and oxygen atoms in total. The Balaban J connectivity index is 1.87. The highest BCUT2D eigenvalue weighted by molar-refractivity contribution is 7.98. The summed E-state index contributed by atoms with van der Waals surface area (Å²) in [5, 5.41) is 23.5. The average Bonchev–Trinajstić information content (AvgIpc) is 2.69. The largest absolute Gasteiger partial charge is 0.294 e. The summed E-state index contributed by atoms with van der Waals surface area (Å²) in [5.74, 6) is -1.04. The minimum atomic E-state index is -4.55. The Morgan fingerprint density at radius 1 is 1.10 bits per heavy atom. The maximum atomic E-state index is 12.7. The van der Waals surface area contributed by atoms with E-state index in [1.165, 1.54) is 12.2 Å². The first kappa shape index (κ1) is 21.0. The van der Waals surface area contributed by atoms with Crippen molar-refractivity contribution < 1.29 is 47.0 Å². The summed E-state index contributed by atoms with van der Waals surface area (Å²) in [6.45, 7) is 0. The van der Waals surface area contributed by atoms with E-state index >= 15 is 0 Å². The van der Waals surface area contributed by atoms with Crippen LogP contribution in [0.1, 0.15) is 12.8 Å². The molecule has 0 radical (unpaired) electrons. The molecule has 0 aromatic carbocycles. The van der Waals surface area contributed by atoms with Crippen LogP contribution in [-0.4, -0.2) is 34.5 Å². The van der Waals surface area contributed by atoms with Crippen LogP contribution in [0.5, 0.6) is 0 Å². The molecule has 0 saturated carbocycles. The molecule has 0 saturated heterocycles. The number of ketones is 1.